The Morgan fingerprint density at radius 2 is 1.50 bits per heavy atom. The molecular formula is C3H10CaO4. The quantitative estimate of drug-likeness (QED) is 0.450. The van der Waals surface area contributed by atoms with Crippen LogP contribution < -0.4 is 0 Å². The molecule has 0 rings (SSSR count). The van der Waals surface area contributed by atoms with Gasteiger partial charge in [-0.25, -0.2) is 0 Å². The monoisotopic (exact) mass is 150 g/mol. The molecule has 48 valence electrons. The van der Waals surface area contributed by atoms with Gasteiger partial charge < -0.3 is 21.2 Å². The second-order valence-electron chi connectivity index (χ2n) is 1.03. The number of hydrogen-bond acceptors (Lipinski definition) is 4. The largest absolute Gasteiger partial charge is 2.00 e. The first-order valence-corrected chi connectivity index (χ1v) is 1.56. The summed E-state index contributed by atoms with van der Waals surface area (Å²) in [5.74, 6) is 0. The summed E-state index contributed by atoms with van der Waals surface area (Å²) in [6, 6.07) is 0. The molecule has 5 heteroatoms. The van der Waals surface area contributed by atoms with E-state index in [0.717, 1.165) is 0 Å². The molecule has 0 amide bonds. The molecule has 0 aromatic heterocycles. The zero-order chi connectivity index (χ0) is 4.28. The first-order valence-electron chi connectivity index (χ1n) is 1.56. The van der Waals surface area contributed by atoms with Crippen LogP contribution in [0.25, 0.3) is 0 Å². The maximum Gasteiger partial charge on any atom is 2.00 e. The fraction of sp³-hybridized carbons (Fsp3) is 1.00. The van der Waals surface area contributed by atoms with Crippen LogP contribution in [0.3, 0.4) is 0 Å². The van der Waals surface area contributed by atoms with Crippen LogP contribution in [-0.2, 0) is 0 Å². The van der Waals surface area contributed by atoms with Crippen LogP contribution in [0.1, 0.15) is 6.92 Å². The fourth-order valence-electron chi connectivity index (χ4n) is 0. The van der Waals surface area contributed by atoms with Crippen molar-refractivity contribution in [2.24, 2.45) is 0 Å². The molecule has 0 spiro atoms. The van der Waals surface area contributed by atoms with E-state index in [4.69, 9.17) is 10.2 Å². The van der Waals surface area contributed by atoms with Crippen molar-refractivity contribution in [2.75, 3.05) is 6.61 Å². The van der Waals surface area contributed by atoms with Gasteiger partial charge in [0.25, 0.3) is 0 Å². The Morgan fingerprint density at radius 3 is 1.50 bits per heavy atom. The van der Waals surface area contributed by atoms with Gasteiger partial charge in [-0.2, -0.15) is 0 Å². The predicted molar refractivity (Wildman–Crippen MR) is 28.4 cm³/mol. The van der Waals surface area contributed by atoms with Gasteiger partial charge >= 0.3 is 37.7 Å². The molecule has 0 aliphatic carbocycles. The molecule has 8 heavy (non-hydrogen) atoms. The summed E-state index contributed by atoms with van der Waals surface area (Å²) in [5.41, 5.74) is 0. The maximum absolute atomic E-state index is 8.11. The molecule has 0 bridgehead atoms. The average Bonchev–Trinajstić information content (AvgIpc) is 1.38. The summed E-state index contributed by atoms with van der Waals surface area (Å²) in [7, 11) is 0. The third-order valence-electron chi connectivity index (χ3n) is 0.264. The Balaban J connectivity index is -0.0000000267. The number of rotatable bonds is 1. The van der Waals surface area contributed by atoms with Crippen molar-refractivity contribution in [3.05, 3.63) is 0 Å². The van der Waals surface area contributed by atoms with Crippen molar-refractivity contribution in [3.63, 3.8) is 0 Å². The van der Waals surface area contributed by atoms with E-state index in [0.29, 0.717) is 0 Å². The van der Waals surface area contributed by atoms with Crippen LogP contribution in [0.15, 0.2) is 0 Å². The minimum Gasteiger partial charge on any atom is -0.870 e. The Kier molecular flexibility index (Phi) is 45.0. The average molecular weight is 150 g/mol. The Morgan fingerprint density at radius 1 is 1.38 bits per heavy atom. The van der Waals surface area contributed by atoms with Crippen molar-refractivity contribution >= 4 is 37.7 Å². The molecule has 0 heterocycles. The molecule has 0 aromatic rings. The molecule has 0 radical (unpaired) electrons. The number of hydrogen-bond donors (Lipinski definition) is 2. The fourth-order valence-corrected chi connectivity index (χ4v) is 0. The maximum atomic E-state index is 8.11. The minimum absolute atomic E-state index is 0. The first kappa shape index (κ1) is 23.0. The first-order chi connectivity index (χ1) is 2.27. The summed E-state index contributed by atoms with van der Waals surface area (Å²) in [4.78, 5) is 0. The molecule has 0 aromatic carbocycles. The van der Waals surface area contributed by atoms with Gasteiger partial charge in [-0.3, -0.25) is 0 Å². The van der Waals surface area contributed by atoms with Crippen LogP contribution in [0.2, 0.25) is 0 Å². The summed E-state index contributed by atoms with van der Waals surface area (Å²) in [5, 5.41) is 16.0. The number of aliphatic hydroxyl groups excluding tert-OH is 2. The van der Waals surface area contributed by atoms with Gasteiger partial charge in [-0.05, 0) is 6.92 Å². The Labute approximate surface area is 78.1 Å². The van der Waals surface area contributed by atoms with Crippen molar-refractivity contribution in [1.29, 1.82) is 0 Å². The Bertz CT molecular complexity index is 25.2. The SMILES string of the molecule is CC(O)CO.[Ca+2].[OH-].[OH-]. The molecule has 1 unspecified atom stereocenters. The van der Waals surface area contributed by atoms with E-state index in [9.17, 15) is 0 Å². The number of aliphatic hydroxyl groups is 2. The van der Waals surface area contributed by atoms with Gasteiger partial charge in [0.15, 0.2) is 0 Å². The van der Waals surface area contributed by atoms with E-state index in [-0.39, 0.29) is 55.3 Å². The molecule has 0 saturated carbocycles. The van der Waals surface area contributed by atoms with E-state index in [2.05, 4.69) is 0 Å². The van der Waals surface area contributed by atoms with Crippen LogP contribution in [0.4, 0.5) is 0 Å². The summed E-state index contributed by atoms with van der Waals surface area (Å²) < 4.78 is 0. The van der Waals surface area contributed by atoms with E-state index < -0.39 is 6.10 Å². The second-order valence-corrected chi connectivity index (χ2v) is 1.03. The Hall–Kier alpha value is 1.10. The van der Waals surface area contributed by atoms with Gasteiger partial charge in [0, 0.05) is 0 Å². The molecule has 0 saturated heterocycles. The molecule has 1 atom stereocenters. The second kappa shape index (κ2) is 15.7. The molecule has 0 aliphatic heterocycles. The molecule has 4 N–H and O–H groups in total. The molecule has 0 aliphatic rings. The summed E-state index contributed by atoms with van der Waals surface area (Å²) >= 11 is 0. The van der Waals surface area contributed by atoms with Crippen molar-refractivity contribution in [3.8, 4) is 0 Å². The van der Waals surface area contributed by atoms with Crippen LogP contribution >= 0.6 is 0 Å². The van der Waals surface area contributed by atoms with Crippen molar-refractivity contribution in [2.45, 2.75) is 13.0 Å². The summed E-state index contributed by atoms with van der Waals surface area (Å²) in [6.07, 6.45) is -0.560. The van der Waals surface area contributed by atoms with E-state index in [1.807, 2.05) is 0 Å². The smallest absolute Gasteiger partial charge is 0.870 e. The normalized spacial score (nSPS) is 9.38. The minimum atomic E-state index is -0.560. The van der Waals surface area contributed by atoms with E-state index >= 15 is 0 Å². The van der Waals surface area contributed by atoms with Gasteiger partial charge in [0.1, 0.15) is 0 Å². The van der Waals surface area contributed by atoms with Crippen LogP contribution in [0.5, 0.6) is 0 Å². The zero-order valence-corrected chi connectivity index (χ0v) is 6.99. The molecular weight excluding hydrogens is 140 g/mol. The zero-order valence-electron chi connectivity index (χ0n) is 4.78. The van der Waals surface area contributed by atoms with Gasteiger partial charge in [0.2, 0.25) is 0 Å². The topological polar surface area (TPSA) is 100 Å². The van der Waals surface area contributed by atoms with E-state index in [1.54, 1.807) is 0 Å². The van der Waals surface area contributed by atoms with Crippen molar-refractivity contribution < 1.29 is 21.2 Å². The van der Waals surface area contributed by atoms with Crippen molar-refractivity contribution in [1.82, 2.24) is 0 Å². The standard InChI is InChI=1S/C3H8O2.Ca.2H2O/c1-3(5)2-4;;;/h3-5H,2H2,1H3;;2*1H2/q;+2;;/p-2. The van der Waals surface area contributed by atoms with E-state index in [1.165, 1.54) is 6.92 Å². The molecule has 4 nitrogen and oxygen atoms in total. The van der Waals surface area contributed by atoms with Gasteiger partial charge in [0.05, 0.1) is 12.7 Å². The van der Waals surface area contributed by atoms with Crippen LogP contribution in [-0.4, -0.2) is 71.6 Å². The molecule has 0 fully saturated rings. The summed E-state index contributed by atoms with van der Waals surface area (Å²) in [6.45, 7) is 1.39. The van der Waals surface area contributed by atoms with Gasteiger partial charge in [-0.15, -0.1) is 0 Å². The predicted octanol–water partition coefficient (Wildman–Crippen LogP) is -1.37. The third kappa shape index (κ3) is 27.5. The third-order valence-corrected chi connectivity index (χ3v) is 0.264. The van der Waals surface area contributed by atoms with Crippen LogP contribution in [0, 0.1) is 0 Å². The van der Waals surface area contributed by atoms with Gasteiger partial charge in [-0.1, -0.05) is 0 Å².